The SMILES string of the molecule is NCC(=O)c1cn2ccnc2s1. The highest BCUT2D eigenvalue weighted by Gasteiger charge is 2.08. The lowest BCUT2D eigenvalue weighted by molar-refractivity contribution is 0.100. The molecule has 0 saturated carbocycles. The summed E-state index contributed by atoms with van der Waals surface area (Å²) in [6.45, 7) is 0.0592. The molecule has 0 atom stereocenters. The molecule has 12 heavy (non-hydrogen) atoms. The molecule has 0 spiro atoms. The first-order chi connectivity index (χ1) is 5.81. The molecule has 2 heterocycles. The third kappa shape index (κ3) is 1.03. The van der Waals surface area contributed by atoms with Gasteiger partial charge in [-0.1, -0.05) is 11.3 Å². The largest absolute Gasteiger partial charge is 0.324 e. The molecule has 0 radical (unpaired) electrons. The standard InChI is InChI=1S/C7H7N3OS/c8-3-5(11)6-4-10-2-1-9-7(10)12-6/h1-2,4H,3,8H2. The highest BCUT2D eigenvalue weighted by molar-refractivity contribution is 7.18. The predicted octanol–water partition coefficient (Wildman–Crippen LogP) is 0.537. The summed E-state index contributed by atoms with van der Waals surface area (Å²) in [7, 11) is 0. The third-order valence-electron chi connectivity index (χ3n) is 1.55. The summed E-state index contributed by atoms with van der Waals surface area (Å²) >= 11 is 1.36. The van der Waals surface area contributed by atoms with E-state index in [0.29, 0.717) is 4.88 Å². The number of aromatic nitrogens is 2. The van der Waals surface area contributed by atoms with E-state index in [0.717, 1.165) is 4.96 Å². The maximum atomic E-state index is 11.1. The zero-order valence-electron chi connectivity index (χ0n) is 6.23. The van der Waals surface area contributed by atoms with Gasteiger partial charge < -0.3 is 5.73 Å². The number of carbonyl (C=O) groups excluding carboxylic acids is 1. The fourth-order valence-corrected chi connectivity index (χ4v) is 1.85. The summed E-state index contributed by atoms with van der Waals surface area (Å²) in [5.74, 6) is -0.0366. The summed E-state index contributed by atoms with van der Waals surface area (Å²) in [5, 5.41) is 0. The molecule has 0 fully saturated rings. The normalized spacial score (nSPS) is 10.8. The van der Waals surface area contributed by atoms with Crippen molar-refractivity contribution in [2.24, 2.45) is 5.73 Å². The Bertz CT molecular complexity index is 388. The number of nitrogens with two attached hydrogens (primary N) is 1. The van der Waals surface area contributed by atoms with Crippen molar-refractivity contribution in [1.82, 2.24) is 9.38 Å². The van der Waals surface area contributed by atoms with E-state index < -0.39 is 0 Å². The van der Waals surface area contributed by atoms with Crippen LogP contribution in [-0.4, -0.2) is 21.7 Å². The number of fused-ring (bicyclic) bond motifs is 1. The second-order valence-corrected chi connectivity index (χ2v) is 3.35. The molecule has 0 saturated heterocycles. The molecule has 0 aliphatic rings. The van der Waals surface area contributed by atoms with Crippen molar-refractivity contribution in [2.45, 2.75) is 0 Å². The Balaban J connectivity index is 2.51. The van der Waals surface area contributed by atoms with Gasteiger partial charge in [0.1, 0.15) is 0 Å². The Morgan fingerprint density at radius 3 is 3.25 bits per heavy atom. The second kappa shape index (κ2) is 2.69. The smallest absolute Gasteiger partial charge is 0.194 e. The van der Waals surface area contributed by atoms with Crippen LogP contribution in [0.15, 0.2) is 18.6 Å². The van der Waals surface area contributed by atoms with Crippen molar-refractivity contribution in [2.75, 3.05) is 6.54 Å². The molecule has 0 aliphatic carbocycles. The Morgan fingerprint density at radius 2 is 2.58 bits per heavy atom. The number of carbonyl (C=O) groups is 1. The van der Waals surface area contributed by atoms with Crippen molar-refractivity contribution >= 4 is 22.1 Å². The predicted molar refractivity (Wildman–Crippen MR) is 46.5 cm³/mol. The van der Waals surface area contributed by atoms with Gasteiger partial charge in [0.15, 0.2) is 10.7 Å². The monoisotopic (exact) mass is 181 g/mol. The van der Waals surface area contributed by atoms with Gasteiger partial charge in [-0.2, -0.15) is 0 Å². The number of nitrogens with zero attached hydrogens (tertiary/aromatic N) is 2. The minimum atomic E-state index is -0.0366. The molecular formula is C7H7N3OS. The van der Waals surface area contributed by atoms with Crippen LogP contribution in [-0.2, 0) is 0 Å². The number of hydrogen-bond acceptors (Lipinski definition) is 4. The van der Waals surface area contributed by atoms with E-state index in [1.165, 1.54) is 11.3 Å². The van der Waals surface area contributed by atoms with Gasteiger partial charge in [0.25, 0.3) is 0 Å². The lowest BCUT2D eigenvalue weighted by Crippen LogP contribution is -2.11. The number of hydrogen-bond donors (Lipinski definition) is 1. The maximum absolute atomic E-state index is 11.1. The van der Waals surface area contributed by atoms with Gasteiger partial charge in [-0.25, -0.2) is 4.98 Å². The van der Waals surface area contributed by atoms with Crippen LogP contribution >= 0.6 is 11.3 Å². The van der Waals surface area contributed by atoms with Crippen LogP contribution in [0.5, 0.6) is 0 Å². The quantitative estimate of drug-likeness (QED) is 0.688. The van der Waals surface area contributed by atoms with E-state index >= 15 is 0 Å². The molecule has 5 heteroatoms. The van der Waals surface area contributed by atoms with Gasteiger partial charge in [-0.3, -0.25) is 9.20 Å². The van der Waals surface area contributed by atoms with Crippen LogP contribution in [0, 0.1) is 0 Å². The van der Waals surface area contributed by atoms with Crippen molar-refractivity contribution < 1.29 is 4.79 Å². The van der Waals surface area contributed by atoms with E-state index in [9.17, 15) is 4.79 Å². The first-order valence-electron chi connectivity index (χ1n) is 3.47. The number of ketones is 1. The minimum absolute atomic E-state index is 0.0366. The molecule has 4 nitrogen and oxygen atoms in total. The van der Waals surface area contributed by atoms with Gasteiger partial charge in [-0.05, 0) is 0 Å². The zero-order valence-corrected chi connectivity index (χ0v) is 7.04. The number of Topliss-reactive ketones (excluding diaryl/α,β-unsaturated/α-hetero) is 1. The molecule has 2 aromatic rings. The fraction of sp³-hybridized carbons (Fsp3) is 0.143. The van der Waals surface area contributed by atoms with E-state index in [2.05, 4.69) is 4.98 Å². The number of rotatable bonds is 2. The van der Waals surface area contributed by atoms with Crippen molar-refractivity contribution in [1.29, 1.82) is 0 Å². The lowest BCUT2D eigenvalue weighted by Gasteiger charge is -1.86. The Morgan fingerprint density at radius 1 is 1.75 bits per heavy atom. The molecule has 0 aliphatic heterocycles. The number of thiazole rings is 1. The van der Waals surface area contributed by atoms with E-state index in [4.69, 9.17) is 5.73 Å². The summed E-state index contributed by atoms with van der Waals surface area (Å²) in [6.07, 6.45) is 5.25. The van der Waals surface area contributed by atoms with Gasteiger partial charge in [0.05, 0.1) is 11.4 Å². The molecule has 2 aromatic heterocycles. The highest BCUT2D eigenvalue weighted by atomic mass is 32.1. The molecule has 0 amide bonds. The van der Waals surface area contributed by atoms with Gasteiger partial charge >= 0.3 is 0 Å². The Labute approximate surface area is 72.6 Å². The molecule has 2 N–H and O–H groups in total. The lowest BCUT2D eigenvalue weighted by atomic mass is 10.3. The average molecular weight is 181 g/mol. The van der Waals surface area contributed by atoms with Gasteiger partial charge in [0.2, 0.25) is 0 Å². The summed E-state index contributed by atoms with van der Waals surface area (Å²) in [6, 6.07) is 0. The van der Waals surface area contributed by atoms with Crippen LogP contribution in [0.3, 0.4) is 0 Å². The Kier molecular flexibility index (Phi) is 1.67. The first kappa shape index (κ1) is 7.45. The molecule has 0 aromatic carbocycles. The van der Waals surface area contributed by atoms with Crippen LogP contribution in [0.4, 0.5) is 0 Å². The maximum Gasteiger partial charge on any atom is 0.194 e. The van der Waals surface area contributed by atoms with E-state index in [1.807, 2.05) is 4.40 Å². The number of imidazole rings is 1. The van der Waals surface area contributed by atoms with Crippen molar-refractivity contribution in [3.63, 3.8) is 0 Å². The topological polar surface area (TPSA) is 60.4 Å². The fourth-order valence-electron chi connectivity index (χ4n) is 0.957. The van der Waals surface area contributed by atoms with Crippen LogP contribution in [0.2, 0.25) is 0 Å². The highest BCUT2D eigenvalue weighted by Crippen LogP contribution is 2.15. The molecule has 0 bridgehead atoms. The van der Waals surface area contributed by atoms with Crippen molar-refractivity contribution in [3.8, 4) is 0 Å². The van der Waals surface area contributed by atoms with E-state index in [1.54, 1.807) is 18.6 Å². The molecule has 0 unspecified atom stereocenters. The van der Waals surface area contributed by atoms with Crippen LogP contribution < -0.4 is 5.73 Å². The second-order valence-electron chi connectivity index (χ2n) is 2.34. The van der Waals surface area contributed by atoms with Crippen LogP contribution in [0.25, 0.3) is 4.96 Å². The third-order valence-corrected chi connectivity index (χ3v) is 2.60. The first-order valence-corrected chi connectivity index (χ1v) is 4.28. The molecule has 2 rings (SSSR count). The summed E-state index contributed by atoms with van der Waals surface area (Å²) in [4.78, 5) is 16.7. The van der Waals surface area contributed by atoms with Gasteiger partial charge in [0, 0.05) is 18.6 Å². The average Bonchev–Trinajstić information content (AvgIpc) is 2.60. The van der Waals surface area contributed by atoms with E-state index in [-0.39, 0.29) is 12.3 Å². The van der Waals surface area contributed by atoms with Gasteiger partial charge in [-0.15, -0.1) is 0 Å². The molecule has 62 valence electrons. The van der Waals surface area contributed by atoms with Crippen LogP contribution in [0.1, 0.15) is 9.67 Å². The summed E-state index contributed by atoms with van der Waals surface area (Å²) < 4.78 is 1.81. The summed E-state index contributed by atoms with van der Waals surface area (Å²) in [5.41, 5.74) is 5.22. The Hall–Kier alpha value is -1.20. The zero-order chi connectivity index (χ0) is 8.55. The molecular weight excluding hydrogens is 174 g/mol. The minimum Gasteiger partial charge on any atom is -0.324 e. The van der Waals surface area contributed by atoms with Crippen molar-refractivity contribution in [3.05, 3.63) is 23.5 Å².